The lowest BCUT2D eigenvalue weighted by Crippen LogP contribution is -2.30. The Bertz CT molecular complexity index is 860. The minimum atomic E-state index is -2.94. The summed E-state index contributed by atoms with van der Waals surface area (Å²) in [5.41, 5.74) is 0.510. The third-order valence-electron chi connectivity index (χ3n) is 4.30. The van der Waals surface area contributed by atoms with Crippen LogP contribution in [0.2, 0.25) is 0 Å². The quantitative estimate of drug-likeness (QED) is 0.901. The van der Waals surface area contributed by atoms with Crippen LogP contribution in [-0.4, -0.2) is 39.0 Å². The highest BCUT2D eigenvalue weighted by atomic mass is 32.2. The lowest BCUT2D eigenvalue weighted by molar-refractivity contribution is 0.0946. The monoisotopic (exact) mass is 347 g/mol. The molecule has 1 aliphatic heterocycles. The molecule has 1 N–H and O–H groups in total. The van der Waals surface area contributed by atoms with Gasteiger partial charge in [0.1, 0.15) is 5.75 Å². The maximum absolute atomic E-state index is 12.7. The van der Waals surface area contributed by atoms with Gasteiger partial charge in [-0.15, -0.1) is 0 Å². The van der Waals surface area contributed by atoms with Gasteiger partial charge in [0, 0.05) is 6.54 Å². The zero-order chi connectivity index (χ0) is 17.2. The Morgan fingerprint density at radius 1 is 1.25 bits per heavy atom. The van der Waals surface area contributed by atoms with Crippen molar-refractivity contribution in [1.82, 2.24) is 5.32 Å². The Morgan fingerprint density at radius 3 is 2.75 bits per heavy atom. The second kappa shape index (κ2) is 6.81. The molecule has 1 saturated heterocycles. The van der Waals surface area contributed by atoms with Gasteiger partial charge in [-0.25, -0.2) is 8.42 Å². The molecular formula is C18H21NO4S. The van der Waals surface area contributed by atoms with E-state index >= 15 is 0 Å². The molecule has 24 heavy (non-hydrogen) atoms. The Balaban J connectivity index is 1.84. The number of benzene rings is 2. The van der Waals surface area contributed by atoms with Gasteiger partial charge in [0.25, 0.3) is 5.91 Å². The molecule has 0 aromatic heterocycles. The van der Waals surface area contributed by atoms with Crippen LogP contribution >= 0.6 is 0 Å². The number of carbonyl (C=O) groups is 1. The second-order valence-corrected chi connectivity index (χ2v) is 8.30. The fourth-order valence-electron chi connectivity index (χ4n) is 3.12. The summed E-state index contributed by atoms with van der Waals surface area (Å²) in [6.45, 7) is 2.71. The first-order valence-electron chi connectivity index (χ1n) is 8.13. The fraction of sp³-hybridized carbons (Fsp3) is 0.389. The lowest BCUT2D eigenvalue weighted by Gasteiger charge is -2.15. The summed E-state index contributed by atoms with van der Waals surface area (Å²) in [6.07, 6.45) is 0.608. The van der Waals surface area contributed by atoms with Crippen molar-refractivity contribution in [1.29, 1.82) is 0 Å². The second-order valence-electron chi connectivity index (χ2n) is 6.07. The highest BCUT2D eigenvalue weighted by molar-refractivity contribution is 7.91. The summed E-state index contributed by atoms with van der Waals surface area (Å²) < 4.78 is 28.7. The SMILES string of the molecule is CCOc1ccc2ccccc2c1C(=O)NC[C@@H]1CCS(=O)(=O)C1. The molecule has 0 radical (unpaired) electrons. The zero-order valence-corrected chi connectivity index (χ0v) is 14.4. The van der Waals surface area contributed by atoms with Crippen molar-refractivity contribution in [3.05, 3.63) is 42.0 Å². The largest absolute Gasteiger partial charge is 0.493 e. The molecule has 5 nitrogen and oxygen atoms in total. The van der Waals surface area contributed by atoms with Crippen molar-refractivity contribution >= 4 is 26.5 Å². The van der Waals surface area contributed by atoms with Crippen molar-refractivity contribution < 1.29 is 17.9 Å². The van der Waals surface area contributed by atoms with E-state index in [-0.39, 0.29) is 23.3 Å². The summed E-state index contributed by atoms with van der Waals surface area (Å²) in [7, 11) is -2.94. The lowest BCUT2D eigenvalue weighted by atomic mass is 10.0. The third kappa shape index (κ3) is 3.53. The van der Waals surface area contributed by atoms with Crippen LogP contribution in [0, 0.1) is 5.92 Å². The smallest absolute Gasteiger partial charge is 0.255 e. The Kier molecular flexibility index (Phi) is 4.76. The van der Waals surface area contributed by atoms with Crippen molar-refractivity contribution in [2.45, 2.75) is 13.3 Å². The normalized spacial score (nSPS) is 19.3. The molecule has 0 spiro atoms. The van der Waals surface area contributed by atoms with E-state index < -0.39 is 9.84 Å². The van der Waals surface area contributed by atoms with Crippen molar-refractivity contribution in [3.8, 4) is 5.75 Å². The van der Waals surface area contributed by atoms with Crippen LogP contribution in [-0.2, 0) is 9.84 Å². The van der Waals surface area contributed by atoms with Gasteiger partial charge in [0.2, 0.25) is 0 Å². The average Bonchev–Trinajstić information content (AvgIpc) is 2.92. The van der Waals surface area contributed by atoms with Crippen LogP contribution < -0.4 is 10.1 Å². The molecule has 128 valence electrons. The molecule has 6 heteroatoms. The van der Waals surface area contributed by atoms with Crippen LogP contribution in [0.5, 0.6) is 5.75 Å². The van der Waals surface area contributed by atoms with E-state index in [1.54, 1.807) is 6.07 Å². The number of carbonyl (C=O) groups excluding carboxylic acids is 1. The van der Waals surface area contributed by atoms with E-state index in [1.165, 1.54) is 0 Å². The van der Waals surface area contributed by atoms with Gasteiger partial charge in [-0.1, -0.05) is 30.3 Å². The molecule has 2 aromatic rings. The van der Waals surface area contributed by atoms with Gasteiger partial charge in [-0.05, 0) is 36.1 Å². The minimum Gasteiger partial charge on any atom is -0.493 e. The number of sulfone groups is 1. The standard InChI is InChI=1S/C18H21NO4S/c1-2-23-16-8-7-14-5-3-4-6-15(14)17(16)18(20)19-11-13-9-10-24(21,22)12-13/h3-8,13H,2,9-12H2,1H3,(H,19,20)/t13-/m0/s1. The Morgan fingerprint density at radius 2 is 2.04 bits per heavy atom. The first kappa shape index (κ1) is 16.8. The highest BCUT2D eigenvalue weighted by Crippen LogP contribution is 2.28. The summed E-state index contributed by atoms with van der Waals surface area (Å²) in [6, 6.07) is 11.4. The van der Waals surface area contributed by atoms with Crippen molar-refractivity contribution in [2.24, 2.45) is 5.92 Å². The molecule has 1 amide bonds. The van der Waals surface area contributed by atoms with Crippen molar-refractivity contribution in [3.63, 3.8) is 0 Å². The topological polar surface area (TPSA) is 72.5 Å². The van der Waals surface area contributed by atoms with Crippen LogP contribution in [0.4, 0.5) is 0 Å². The van der Waals surface area contributed by atoms with E-state index in [1.807, 2.05) is 37.3 Å². The summed E-state index contributed by atoms with van der Waals surface area (Å²) in [4.78, 5) is 12.7. The maximum Gasteiger partial charge on any atom is 0.255 e. The van der Waals surface area contributed by atoms with E-state index in [0.717, 1.165) is 10.8 Å². The first-order chi connectivity index (χ1) is 11.5. The molecule has 0 aliphatic carbocycles. The number of ether oxygens (including phenoxy) is 1. The van der Waals surface area contributed by atoms with Gasteiger partial charge in [0.05, 0.1) is 23.7 Å². The summed E-state index contributed by atoms with van der Waals surface area (Å²) in [5, 5.41) is 4.69. The number of fused-ring (bicyclic) bond motifs is 1. The number of nitrogens with one attached hydrogen (secondary N) is 1. The third-order valence-corrected chi connectivity index (χ3v) is 6.13. The van der Waals surface area contributed by atoms with E-state index in [0.29, 0.717) is 30.9 Å². The molecule has 0 saturated carbocycles. The van der Waals surface area contributed by atoms with Crippen LogP contribution in [0.25, 0.3) is 10.8 Å². The van der Waals surface area contributed by atoms with Crippen LogP contribution in [0.3, 0.4) is 0 Å². The van der Waals surface area contributed by atoms with Crippen LogP contribution in [0.15, 0.2) is 36.4 Å². The first-order valence-corrected chi connectivity index (χ1v) is 9.95. The predicted octanol–water partition coefficient (Wildman–Crippen LogP) is 2.40. The van der Waals surface area contributed by atoms with E-state index in [9.17, 15) is 13.2 Å². The number of hydrogen-bond donors (Lipinski definition) is 1. The molecule has 3 rings (SSSR count). The van der Waals surface area contributed by atoms with E-state index in [2.05, 4.69) is 5.32 Å². The number of rotatable bonds is 5. The van der Waals surface area contributed by atoms with E-state index in [4.69, 9.17) is 4.74 Å². The molecule has 1 heterocycles. The molecular weight excluding hydrogens is 326 g/mol. The fourth-order valence-corrected chi connectivity index (χ4v) is 4.98. The Labute approximate surface area is 141 Å². The van der Waals surface area contributed by atoms with Crippen LogP contribution in [0.1, 0.15) is 23.7 Å². The predicted molar refractivity (Wildman–Crippen MR) is 94.2 cm³/mol. The molecule has 1 fully saturated rings. The molecule has 1 aliphatic rings. The molecule has 0 bridgehead atoms. The zero-order valence-electron chi connectivity index (χ0n) is 13.6. The number of amides is 1. The molecule has 0 unspecified atom stereocenters. The number of hydrogen-bond acceptors (Lipinski definition) is 4. The van der Waals surface area contributed by atoms with Gasteiger partial charge >= 0.3 is 0 Å². The van der Waals surface area contributed by atoms with Gasteiger partial charge < -0.3 is 10.1 Å². The molecule has 2 aromatic carbocycles. The van der Waals surface area contributed by atoms with Gasteiger partial charge in [0.15, 0.2) is 9.84 Å². The molecule has 1 atom stereocenters. The van der Waals surface area contributed by atoms with Gasteiger partial charge in [-0.3, -0.25) is 4.79 Å². The minimum absolute atomic E-state index is 0.00975. The average molecular weight is 347 g/mol. The maximum atomic E-state index is 12.7. The summed E-state index contributed by atoms with van der Waals surface area (Å²) in [5.74, 6) is 0.685. The van der Waals surface area contributed by atoms with Crippen molar-refractivity contribution in [2.75, 3.05) is 24.7 Å². The summed E-state index contributed by atoms with van der Waals surface area (Å²) >= 11 is 0. The van der Waals surface area contributed by atoms with Gasteiger partial charge in [-0.2, -0.15) is 0 Å². The highest BCUT2D eigenvalue weighted by Gasteiger charge is 2.28. The Hall–Kier alpha value is -2.08.